The van der Waals surface area contributed by atoms with E-state index in [-0.39, 0.29) is 35.5 Å². The van der Waals surface area contributed by atoms with Gasteiger partial charge in [0.25, 0.3) is 0 Å². The fourth-order valence-corrected chi connectivity index (χ4v) is 2.85. The van der Waals surface area contributed by atoms with E-state index < -0.39 is 11.4 Å². The third kappa shape index (κ3) is 1.72. The topological polar surface area (TPSA) is 80.5 Å². The van der Waals surface area contributed by atoms with Crippen molar-refractivity contribution in [2.24, 2.45) is 23.0 Å². The lowest BCUT2D eigenvalue weighted by molar-refractivity contribution is -0.144. The number of imide groups is 1. The minimum absolute atomic E-state index is 0.154. The van der Waals surface area contributed by atoms with Crippen LogP contribution in [0.5, 0.6) is 0 Å². The van der Waals surface area contributed by atoms with Gasteiger partial charge in [-0.15, -0.1) is 0 Å². The predicted molar refractivity (Wildman–Crippen MR) is 65.1 cm³/mol. The molecule has 100 valence electrons. The van der Waals surface area contributed by atoms with Crippen molar-refractivity contribution < 1.29 is 14.4 Å². The molecule has 2 rings (SSSR count). The Morgan fingerprint density at radius 3 is 2.28 bits per heavy atom. The molecule has 3 unspecified atom stereocenters. The molecule has 0 radical (unpaired) electrons. The Hall–Kier alpha value is -1.39. The lowest BCUT2D eigenvalue weighted by Gasteiger charge is -2.27. The van der Waals surface area contributed by atoms with Crippen molar-refractivity contribution in [1.82, 2.24) is 4.90 Å². The molecule has 0 aromatic heterocycles. The molecule has 5 nitrogen and oxygen atoms in total. The van der Waals surface area contributed by atoms with Gasteiger partial charge in [-0.05, 0) is 18.8 Å². The van der Waals surface area contributed by atoms with Crippen LogP contribution in [0.3, 0.4) is 0 Å². The first-order valence-corrected chi connectivity index (χ1v) is 6.25. The van der Waals surface area contributed by atoms with Gasteiger partial charge in [-0.25, -0.2) is 0 Å². The Morgan fingerprint density at radius 1 is 1.39 bits per heavy atom. The van der Waals surface area contributed by atoms with Crippen LogP contribution in [0.4, 0.5) is 0 Å². The highest BCUT2D eigenvalue weighted by molar-refractivity contribution is 6.06. The molecule has 5 heteroatoms. The molecule has 3 amide bonds. The van der Waals surface area contributed by atoms with E-state index in [0.717, 1.165) is 0 Å². The fourth-order valence-electron chi connectivity index (χ4n) is 2.85. The van der Waals surface area contributed by atoms with Gasteiger partial charge in [0.05, 0.1) is 17.4 Å². The first-order valence-electron chi connectivity index (χ1n) is 6.25. The number of carbonyl (C=O) groups excluding carboxylic acids is 3. The molecule has 1 heterocycles. The lowest BCUT2D eigenvalue weighted by Crippen LogP contribution is -2.44. The maximum atomic E-state index is 12.4. The fraction of sp³-hybridized carbons (Fsp3) is 0.769. The molecule has 18 heavy (non-hydrogen) atoms. The zero-order chi connectivity index (χ0) is 13.9. The number of likely N-dealkylation sites (tertiary alicyclic amines) is 1. The highest BCUT2D eigenvalue weighted by Gasteiger charge is 2.64. The zero-order valence-corrected chi connectivity index (χ0v) is 11.3. The summed E-state index contributed by atoms with van der Waals surface area (Å²) in [4.78, 5) is 36.9. The van der Waals surface area contributed by atoms with E-state index in [2.05, 4.69) is 0 Å². The number of carbonyl (C=O) groups is 3. The van der Waals surface area contributed by atoms with Crippen molar-refractivity contribution in [3.8, 4) is 0 Å². The van der Waals surface area contributed by atoms with Gasteiger partial charge >= 0.3 is 0 Å². The summed E-state index contributed by atoms with van der Waals surface area (Å²) in [6.45, 7) is 7.62. The average Bonchev–Trinajstić information content (AvgIpc) is 2.76. The molecule has 0 bridgehead atoms. The van der Waals surface area contributed by atoms with Crippen LogP contribution in [0.25, 0.3) is 0 Å². The number of hydrogen-bond donors (Lipinski definition) is 1. The Labute approximate surface area is 107 Å². The van der Waals surface area contributed by atoms with E-state index in [1.807, 2.05) is 20.8 Å². The summed E-state index contributed by atoms with van der Waals surface area (Å²) in [5, 5.41) is 0. The van der Waals surface area contributed by atoms with Crippen molar-refractivity contribution in [3.63, 3.8) is 0 Å². The van der Waals surface area contributed by atoms with E-state index in [0.29, 0.717) is 6.42 Å². The molecule has 0 spiro atoms. The van der Waals surface area contributed by atoms with Crippen LogP contribution in [0.2, 0.25) is 0 Å². The maximum absolute atomic E-state index is 12.4. The van der Waals surface area contributed by atoms with Crippen LogP contribution >= 0.6 is 0 Å². The normalized spacial score (nSPS) is 36.1. The molecule has 0 aromatic rings. The standard InChI is InChI=1S/C13H20N2O3/c1-12(2,3)7-5-9(16)15(11(7)18)13(4)6-8(13)10(14)17/h7-8H,5-6H2,1-4H3,(H2,14,17). The van der Waals surface area contributed by atoms with Crippen LogP contribution in [-0.2, 0) is 14.4 Å². The van der Waals surface area contributed by atoms with Crippen molar-refractivity contribution in [2.75, 3.05) is 0 Å². The van der Waals surface area contributed by atoms with Crippen molar-refractivity contribution >= 4 is 17.7 Å². The van der Waals surface area contributed by atoms with Gasteiger partial charge in [-0.1, -0.05) is 20.8 Å². The average molecular weight is 252 g/mol. The van der Waals surface area contributed by atoms with Crippen LogP contribution in [0, 0.1) is 17.3 Å². The molecule has 2 fully saturated rings. The molecule has 1 saturated heterocycles. The summed E-state index contributed by atoms with van der Waals surface area (Å²) in [7, 11) is 0. The number of hydrogen-bond acceptors (Lipinski definition) is 3. The predicted octanol–water partition coefficient (Wildman–Crippen LogP) is 0.671. The maximum Gasteiger partial charge on any atom is 0.233 e. The molecule has 1 aliphatic carbocycles. The van der Waals surface area contributed by atoms with E-state index in [1.165, 1.54) is 4.90 Å². The number of amides is 3. The van der Waals surface area contributed by atoms with E-state index in [1.54, 1.807) is 6.92 Å². The van der Waals surface area contributed by atoms with Gasteiger partial charge < -0.3 is 5.73 Å². The van der Waals surface area contributed by atoms with Crippen molar-refractivity contribution in [3.05, 3.63) is 0 Å². The van der Waals surface area contributed by atoms with Crippen molar-refractivity contribution in [1.29, 1.82) is 0 Å². The Morgan fingerprint density at radius 2 is 1.94 bits per heavy atom. The third-order valence-corrected chi connectivity index (χ3v) is 4.25. The summed E-state index contributed by atoms with van der Waals surface area (Å²) in [6.07, 6.45) is 0.736. The molecule has 3 atom stereocenters. The summed E-state index contributed by atoms with van der Waals surface area (Å²) < 4.78 is 0. The third-order valence-electron chi connectivity index (χ3n) is 4.25. The lowest BCUT2D eigenvalue weighted by atomic mass is 9.80. The monoisotopic (exact) mass is 252 g/mol. The van der Waals surface area contributed by atoms with Gasteiger partial charge in [0.1, 0.15) is 0 Å². The minimum atomic E-state index is -0.681. The molecular weight excluding hydrogens is 232 g/mol. The second-order valence-corrected chi connectivity index (χ2v) is 6.71. The zero-order valence-electron chi connectivity index (χ0n) is 11.3. The van der Waals surface area contributed by atoms with Crippen molar-refractivity contribution in [2.45, 2.75) is 46.1 Å². The first kappa shape index (κ1) is 13.1. The highest BCUT2D eigenvalue weighted by atomic mass is 16.2. The first-order chi connectivity index (χ1) is 8.09. The molecule has 2 aliphatic rings. The highest BCUT2D eigenvalue weighted by Crippen LogP contribution is 2.52. The SMILES string of the molecule is CC(C)(C)C1CC(=O)N(C2(C)CC2C(N)=O)C1=O. The Kier molecular flexibility index (Phi) is 2.58. The molecule has 0 aromatic carbocycles. The molecule has 2 N–H and O–H groups in total. The van der Waals surface area contributed by atoms with E-state index in [4.69, 9.17) is 5.73 Å². The molecular formula is C13H20N2O3. The van der Waals surface area contributed by atoms with Crippen LogP contribution in [0.15, 0.2) is 0 Å². The smallest absolute Gasteiger partial charge is 0.233 e. The number of primary amides is 1. The van der Waals surface area contributed by atoms with E-state index >= 15 is 0 Å². The van der Waals surface area contributed by atoms with Gasteiger partial charge in [0.2, 0.25) is 17.7 Å². The Balaban J connectivity index is 2.24. The number of nitrogens with two attached hydrogens (primary N) is 1. The van der Waals surface area contributed by atoms with Gasteiger partial charge in [0.15, 0.2) is 0 Å². The summed E-state index contributed by atoms with van der Waals surface area (Å²) in [5.41, 5.74) is 4.34. The summed E-state index contributed by atoms with van der Waals surface area (Å²) in [5.74, 6) is -1.44. The quantitative estimate of drug-likeness (QED) is 0.733. The summed E-state index contributed by atoms with van der Waals surface area (Å²) in [6, 6.07) is 0. The van der Waals surface area contributed by atoms with E-state index in [9.17, 15) is 14.4 Å². The molecule has 1 saturated carbocycles. The van der Waals surface area contributed by atoms with Crippen LogP contribution in [-0.4, -0.2) is 28.2 Å². The van der Waals surface area contributed by atoms with Gasteiger partial charge in [0, 0.05) is 6.42 Å². The minimum Gasteiger partial charge on any atom is -0.369 e. The number of nitrogens with zero attached hydrogens (tertiary/aromatic N) is 1. The van der Waals surface area contributed by atoms with Gasteiger partial charge in [-0.2, -0.15) is 0 Å². The second kappa shape index (κ2) is 3.56. The second-order valence-electron chi connectivity index (χ2n) is 6.71. The van der Waals surface area contributed by atoms with Crippen LogP contribution < -0.4 is 5.73 Å². The van der Waals surface area contributed by atoms with Gasteiger partial charge in [-0.3, -0.25) is 19.3 Å². The Bertz CT molecular complexity index is 438. The molecule has 1 aliphatic heterocycles. The van der Waals surface area contributed by atoms with Crippen LogP contribution in [0.1, 0.15) is 40.5 Å². The number of rotatable bonds is 2. The summed E-state index contributed by atoms with van der Waals surface area (Å²) >= 11 is 0. The largest absolute Gasteiger partial charge is 0.369 e.